The molecule has 118 valence electrons. The number of sulfone groups is 1. The molecule has 1 fully saturated rings. The normalized spacial score (nSPS) is 21.5. The zero-order valence-corrected chi connectivity index (χ0v) is 13.7. The average molecular weight is 332 g/mol. The molecule has 0 radical (unpaired) electrons. The van der Waals surface area contributed by atoms with Crippen LogP contribution in [0.5, 0.6) is 0 Å². The zero-order valence-electron chi connectivity index (χ0n) is 12.1. The van der Waals surface area contributed by atoms with Crippen molar-refractivity contribution in [3.63, 3.8) is 0 Å². The van der Waals surface area contributed by atoms with Gasteiger partial charge in [0.2, 0.25) is 10.0 Å². The van der Waals surface area contributed by atoms with Crippen molar-refractivity contribution in [2.75, 3.05) is 23.8 Å². The SMILES string of the molecule is Cc1cc(N)c(S(=O)(=O)NCC2CCS(=O)(=O)C2)cc1C. The molecule has 1 saturated heterocycles. The van der Waals surface area contributed by atoms with Crippen molar-refractivity contribution < 1.29 is 16.8 Å². The van der Waals surface area contributed by atoms with Crippen LogP contribution >= 0.6 is 0 Å². The smallest absolute Gasteiger partial charge is 0.242 e. The number of nitrogens with two attached hydrogens (primary N) is 1. The van der Waals surface area contributed by atoms with Gasteiger partial charge in [0.15, 0.2) is 9.84 Å². The second-order valence-corrected chi connectivity index (χ2v) is 9.56. The molecule has 1 aliphatic rings. The van der Waals surface area contributed by atoms with E-state index in [9.17, 15) is 16.8 Å². The van der Waals surface area contributed by atoms with Crippen LogP contribution in [-0.4, -0.2) is 34.9 Å². The molecule has 6 nitrogen and oxygen atoms in total. The first-order chi connectivity index (χ1) is 9.61. The van der Waals surface area contributed by atoms with Gasteiger partial charge in [0, 0.05) is 6.54 Å². The van der Waals surface area contributed by atoms with E-state index < -0.39 is 19.9 Å². The lowest BCUT2D eigenvalue weighted by Crippen LogP contribution is -2.30. The molecule has 1 aliphatic heterocycles. The predicted octanol–water partition coefficient (Wildman–Crippen LogP) is 0.599. The highest BCUT2D eigenvalue weighted by molar-refractivity contribution is 7.91. The standard InChI is InChI=1S/C13H20N2O4S2/c1-9-5-12(14)13(6-10(9)2)21(18,19)15-7-11-3-4-20(16,17)8-11/h5-6,11,15H,3-4,7-8,14H2,1-2H3. The third-order valence-electron chi connectivity index (χ3n) is 3.80. The number of benzene rings is 1. The lowest BCUT2D eigenvalue weighted by Gasteiger charge is -2.13. The number of rotatable bonds is 4. The number of nitrogens with one attached hydrogen (secondary N) is 1. The van der Waals surface area contributed by atoms with Crippen LogP contribution in [0.1, 0.15) is 17.5 Å². The van der Waals surface area contributed by atoms with Gasteiger partial charge in [0.1, 0.15) is 4.90 Å². The van der Waals surface area contributed by atoms with Crippen molar-refractivity contribution in [3.05, 3.63) is 23.3 Å². The summed E-state index contributed by atoms with van der Waals surface area (Å²) in [5.41, 5.74) is 7.75. The fraction of sp³-hybridized carbons (Fsp3) is 0.538. The second kappa shape index (κ2) is 5.58. The summed E-state index contributed by atoms with van der Waals surface area (Å²) < 4.78 is 49.8. The first kappa shape index (κ1) is 16.3. The maximum Gasteiger partial charge on any atom is 0.242 e. The van der Waals surface area contributed by atoms with Gasteiger partial charge in [-0.3, -0.25) is 0 Å². The van der Waals surface area contributed by atoms with E-state index in [1.54, 1.807) is 12.1 Å². The average Bonchev–Trinajstić information content (AvgIpc) is 2.71. The number of hydrogen-bond acceptors (Lipinski definition) is 5. The molecule has 1 aromatic carbocycles. The Morgan fingerprint density at radius 1 is 1.29 bits per heavy atom. The Kier molecular flexibility index (Phi) is 4.32. The third kappa shape index (κ3) is 3.75. The van der Waals surface area contributed by atoms with E-state index >= 15 is 0 Å². The molecule has 1 aromatic rings. The minimum Gasteiger partial charge on any atom is -0.398 e. The molecular weight excluding hydrogens is 312 g/mol. The van der Waals surface area contributed by atoms with E-state index in [1.165, 1.54) is 0 Å². The highest BCUT2D eigenvalue weighted by atomic mass is 32.2. The molecule has 1 heterocycles. The van der Waals surface area contributed by atoms with Gasteiger partial charge in [0.25, 0.3) is 0 Å². The highest BCUT2D eigenvalue weighted by Gasteiger charge is 2.29. The van der Waals surface area contributed by atoms with Crippen molar-refractivity contribution in [2.24, 2.45) is 5.92 Å². The van der Waals surface area contributed by atoms with Crippen LogP contribution in [-0.2, 0) is 19.9 Å². The van der Waals surface area contributed by atoms with Crippen molar-refractivity contribution in [2.45, 2.75) is 25.2 Å². The molecule has 0 saturated carbocycles. The van der Waals surface area contributed by atoms with Crippen molar-refractivity contribution >= 4 is 25.5 Å². The topological polar surface area (TPSA) is 106 Å². The van der Waals surface area contributed by atoms with E-state index in [0.29, 0.717) is 6.42 Å². The first-order valence-electron chi connectivity index (χ1n) is 6.67. The highest BCUT2D eigenvalue weighted by Crippen LogP contribution is 2.23. The number of nitrogen functional groups attached to an aromatic ring is 1. The summed E-state index contributed by atoms with van der Waals surface area (Å²) in [6.07, 6.45) is 0.493. The summed E-state index contributed by atoms with van der Waals surface area (Å²) in [7, 11) is -6.73. The van der Waals surface area contributed by atoms with Gasteiger partial charge >= 0.3 is 0 Å². The number of hydrogen-bond donors (Lipinski definition) is 2. The maximum atomic E-state index is 12.3. The molecule has 3 N–H and O–H groups in total. The molecule has 21 heavy (non-hydrogen) atoms. The van der Waals surface area contributed by atoms with E-state index in [2.05, 4.69) is 4.72 Å². The molecule has 8 heteroatoms. The zero-order chi connectivity index (χ0) is 15.8. The van der Waals surface area contributed by atoms with E-state index in [4.69, 9.17) is 5.73 Å². The van der Waals surface area contributed by atoms with Crippen LogP contribution < -0.4 is 10.5 Å². The monoisotopic (exact) mass is 332 g/mol. The summed E-state index contributed by atoms with van der Waals surface area (Å²) in [4.78, 5) is 0.0476. The summed E-state index contributed by atoms with van der Waals surface area (Å²) in [5.74, 6) is 0.000803. The minimum absolute atomic E-state index is 0.0396. The van der Waals surface area contributed by atoms with Crippen LogP contribution in [0.15, 0.2) is 17.0 Å². The Morgan fingerprint density at radius 3 is 2.48 bits per heavy atom. The van der Waals surface area contributed by atoms with E-state index in [1.807, 2.05) is 13.8 Å². The van der Waals surface area contributed by atoms with Crippen molar-refractivity contribution in [3.8, 4) is 0 Å². The third-order valence-corrected chi connectivity index (χ3v) is 7.12. The number of sulfonamides is 1. The largest absolute Gasteiger partial charge is 0.398 e. The Labute approximate surface area is 125 Å². The Hall–Kier alpha value is -1.12. The summed E-state index contributed by atoms with van der Waals surface area (Å²) in [6, 6.07) is 3.17. The summed E-state index contributed by atoms with van der Waals surface area (Å²) in [5, 5.41) is 0. The molecule has 1 atom stereocenters. The lowest BCUT2D eigenvalue weighted by molar-refractivity contribution is 0.543. The summed E-state index contributed by atoms with van der Waals surface area (Å²) >= 11 is 0. The van der Waals surface area contributed by atoms with Crippen LogP contribution in [0.2, 0.25) is 0 Å². The van der Waals surface area contributed by atoms with Gasteiger partial charge < -0.3 is 5.73 Å². The maximum absolute atomic E-state index is 12.3. The Morgan fingerprint density at radius 2 is 1.90 bits per heavy atom. The molecular formula is C13H20N2O4S2. The molecule has 0 aliphatic carbocycles. The molecule has 2 rings (SSSR count). The van der Waals surface area contributed by atoms with Crippen molar-refractivity contribution in [1.82, 2.24) is 4.72 Å². The van der Waals surface area contributed by atoms with Crippen molar-refractivity contribution in [1.29, 1.82) is 0 Å². The fourth-order valence-corrected chi connectivity index (χ4v) is 5.56. The van der Waals surface area contributed by atoms with E-state index in [0.717, 1.165) is 11.1 Å². The van der Waals surface area contributed by atoms with Gasteiger partial charge in [-0.05, 0) is 49.4 Å². The van der Waals surface area contributed by atoms with Crippen LogP contribution in [0.3, 0.4) is 0 Å². The van der Waals surface area contributed by atoms with Crippen LogP contribution in [0, 0.1) is 19.8 Å². The number of aryl methyl sites for hydroxylation is 2. The Bertz CT molecular complexity index is 755. The molecule has 0 spiro atoms. The lowest BCUT2D eigenvalue weighted by atomic mass is 10.1. The van der Waals surface area contributed by atoms with Gasteiger partial charge in [-0.1, -0.05) is 0 Å². The van der Waals surface area contributed by atoms with Crippen LogP contribution in [0.4, 0.5) is 5.69 Å². The molecule has 0 bridgehead atoms. The predicted molar refractivity (Wildman–Crippen MR) is 82.3 cm³/mol. The van der Waals surface area contributed by atoms with Crippen LogP contribution in [0.25, 0.3) is 0 Å². The fourth-order valence-electron chi connectivity index (χ4n) is 2.38. The van der Waals surface area contributed by atoms with Gasteiger partial charge in [-0.15, -0.1) is 0 Å². The molecule has 0 aromatic heterocycles. The molecule has 1 unspecified atom stereocenters. The summed E-state index contributed by atoms with van der Waals surface area (Å²) in [6.45, 7) is 3.80. The van der Waals surface area contributed by atoms with Gasteiger partial charge in [-0.2, -0.15) is 0 Å². The first-order valence-corrected chi connectivity index (χ1v) is 9.98. The van der Waals surface area contributed by atoms with E-state index in [-0.39, 0.29) is 34.6 Å². The Balaban J connectivity index is 2.14. The molecule has 0 amide bonds. The minimum atomic E-state index is -3.72. The second-order valence-electron chi connectivity index (χ2n) is 5.60. The number of anilines is 1. The quantitative estimate of drug-likeness (QED) is 0.785. The van der Waals surface area contributed by atoms with Gasteiger partial charge in [-0.25, -0.2) is 21.6 Å². The van der Waals surface area contributed by atoms with Gasteiger partial charge in [0.05, 0.1) is 17.2 Å².